The molecule has 1 aromatic carbocycles. The van der Waals surface area contributed by atoms with Gasteiger partial charge in [-0.15, -0.1) is 10.2 Å². The van der Waals surface area contributed by atoms with Crippen LogP contribution in [-0.2, 0) is 10.0 Å². The first-order valence-electron chi connectivity index (χ1n) is 5.84. The summed E-state index contributed by atoms with van der Waals surface area (Å²) >= 11 is 1.26. The van der Waals surface area contributed by atoms with Crippen LogP contribution < -0.4 is 10.9 Å². The van der Waals surface area contributed by atoms with E-state index in [1.54, 1.807) is 10.5 Å². The highest BCUT2D eigenvalue weighted by Crippen LogP contribution is 2.30. The van der Waals surface area contributed by atoms with Crippen LogP contribution in [0.4, 0.5) is 5.69 Å². The Hall–Kier alpha value is -2.10. The minimum Gasteiger partial charge on any atom is -0.399 e. The van der Waals surface area contributed by atoms with Crippen molar-refractivity contribution in [1.29, 1.82) is 0 Å². The van der Waals surface area contributed by atoms with Gasteiger partial charge in [-0.1, -0.05) is 6.07 Å². The molecule has 4 N–H and O–H groups in total. The summed E-state index contributed by atoms with van der Waals surface area (Å²) in [6.45, 7) is 0. The van der Waals surface area contributed by atoms with Gasteiger partial charge >= 0.3 is 0 Å². The van der Waals surface area contributed by atoms with Crippen LogP contribution in [0.3, 0.4) is 0 Å². The minimum atomic E-state index is -3.81. The molecule has 0 aliphatic carbocycles. The number of fused-ring (bicyclic) bond motifs is 1. The van der Waals surface area contributed by atoms with Crippen LogP contribution in [0.15, 0.2) is 57.5 Å². The van der Waals surface area contributed by atoms with Crippen molar-refractivity contribution in [2.75, 3.05) is 5.73 Å². The highest BCUT2D eigenvalue weighted by Gasteiger charge is 2.13. The fourth-order valence-corrected chi connectivity index (χ4v) is 3.40. The van der Waals surface area contributed by atoms with Crippen LogP contribution in [0, 0.1) is 0 Å². The maximum Gasteiger partial charge on any atom is 0.238 e. The number of benzene rings is 1. The van der Waals surface area contributed by atoms with Crippen LogP contribution in [0.25, 0.3) is 5.65 Å². The van der Waals surface area contributed by atoms with Gasteiger partial charge in [0.2, 0.25) is 10.0 Å². The number of sulfonamides is 1. The Kier molecular flexibility index (Phi) is 3.32. The summed E-state index contributed by atoms with van der Waals surface area (Å²) in [6.07, 6.45) is 1.82. The van der Waals surface area contributed by atoms with E-state index in [2.05, 4.69) is 10.2 Å². The molecule has 0 aliphatic rings. The average molecular weight is 321 g/mol. The largest absolute Gasteiger partial charge is 0.399 e. The molecule has 108 valence electrons. The van der Waals surface area contributed by atoms with Gasteiger partial charge < -0.3 is 5.73 Å². The number of anilines is 1. The van der Waals surface area contributed by atoms with E-state index in [0.717, 1.165) is 0 Å². The number of aromatic nitrogens is 3. The normalized spacial score (nSPS) is 11.9. The van der Waals surface area contributed by atoms with Gasteiger partial charge in [0.1, 0.15) is 0 Å². The number of hydrogen-bond donors (Lipinski definition) is 2. The van der Waals surface area contributed by atoms with Crippen LogP contribution >= 0.6 is 11.8 Å². The van der Waals surface area contributed by atoms with E-state index in [-0.39, 0.29) is 4.90 Å². The molecule has 7 nitrogen and oxygen atoms in total. The molecule has 2 aromatic heterocycles. The van der Waals surface area contributed by atoms with Gasteiger partial charge in [-0.2, -0.15) is 0 Å². The standard InChI is InChI=1S/C12H11N5O2S2/c13-8-5-9(7-10(6-8)21(14,18)19)20-12-16-15-11-3-1-2-4-17(11)12/h1-7H,13H2,(H2,14,18,19). The molecule has 0 bridgehead atoms. The lowest BCUT2D eigenvalue weighted by Crippen LogP contribution is -2.12. The Balaban J connectivity index is 2.04. The number of nitrogen functional groups attached to an aromatic ring is 1. The fraction of sp³-hybridized carbons (Fsp3) is 0. The van der Waals surface area contributed by atoms with Gasteiger partial charge in [0, 0.05) is 16.8 Å². The molecule has 0 saturated carbocycles. The predicted molar refractivity (Wildman–Crippen MR) is 79.3 cm³/mol. The van der Waals surface area contributed by atoms with Crippen molar-refractivity contribution in [3.8, 4) is 0 Å². The SMILES string of the molecule is Nc1cc(Sc2nnc3ccccn23)cc(S(N)(=O)=O)c1. The third-order valence-electron chi connectivity index (χ3n) is 2.72. The van der Waals surface area contributed by atoms with Gasteiger partial charge in [0.15, 0.2) is 10.8 Å². The van der Waals surface area contributed by atoms with Crippen LogP contribution in [0.5, 0.6) is 0 Å². The predicted octanol–water partition coefficient (Wildman–Crippen LogP) is 1.11. The molecular formula is C12H11N5O2S2. The summed E-state index contributed by atoms with van der Waals surface area (Å²) in [5, 5.41) is 13.8. The van der Waals surface area contributed by atoms with Crippen molar-refractivity contribution < 1.29 is 8.42 Å². The molecule has 2 heterocycles. The van der Waals surface area contributed by atoms with E-state index in [0.29, 0.717) is 21.4 Å². The molecule has 0 unspecified atom stereocenters. The summed E-state index contributed by atoms with van der Waals surface area (Å²) < 4.78 is 24.7. The number of nitrogens with two attached hydrogens (primary N) is 2. The third kappa shape index (κ3) is 2.84. The quantitative estimate of drug-likeness (QED) is 0.698. The summed E-state index contributed by atoms with van der Waals surface area (Å²) in [4.78, 5) is 0.594. The van der Waals surface area contributed by atoms with Gasteiger partial charge in [0.05, 0.1) is 4.90 Å². The lowest BCUT2D eigenvalue weighted by Gasteiger charge is -2.05. The van der Waals surface area contributed by atoms with Crippen LogP contribution in [-0.4, -0.2) is 23.0 Å². The second-order valence-electron chi connectivity index (χ2n) is 4.30. The molecule has 0 fully saturated rings. The monoisotopic (exact) mass is 321 g/mol. The van der Waals surface area contributed by atoms with E-state index in [1.165, 1.54) is 23.9 Å². The summed E-state index contributed by atoms with van der Waals surface area (Å²) in [7, 11) is -3.81. The number of hydrogen-bond acceptors (Lipinski definition) is 6. The minimum absolute atomic E-state index is 0.0289. The van der Waals surface area contributed by atoms with E-state index in [9.17, 15) is 8.42 Å². The summed E-state index contributed by atoms with van der Waals surface area (Å²) in [5.74, 6) is 0. The van der Waals surface area contributed by atoms with E-state index in [4.69, 9.17) is 10.9 Å². The number of pyridine rings is 1. The zero-order valence-corrected chi connectivity index (χ0v) is 12.3. The molecule has 0 aliphatic heterocycles. The molecule has 21 heavy (non-hydrogen) atoms. The molecule has 0 spiro atoms. The Morgan fingerprint density at radius 3 is 2.71 bits per heavy atom. The maximum absolute atomic E-state index is 11.4. The molecular weight excluding hydrogens is 310 g/mol. The topological polar surface area (TPSA) is 116 Å². The molecule has 0 saturated heterocycles. The number of rotatable bonds is 3. The van der Waals surface area contributed by atoms with Crippen molar-refractivity contribution >= 4 is 33.1 Å². The number of nitrogens with zero attached hydrogens (tertiary/aromatic N) is 3. The second kappa shape index (κ2) is 5.02. The fourth-order valence-electron chi connectivity index (χ4n) is 1.81. The smallest absolute Gasteiger partial charge is 0.238 e. The Morgan fingerprint density at radius 2 is 1.95 bits per heavy atom. The lowest BCUT2D eigenvalue weighted by atomic mass is 10.3. The van der Waals surface area contributed by atoms with Gasteiger partial charge in [-0.25, -0.2) is 13.6 Å². The Labute approximate surface area is 125 Å². The number of primary sulfonamides is 1. The van der Waals surface area contributed by atoms with E-state index >= 15 is 0 Å². The highest BCUT2D eigenvalue weighted by molar-refractivity contribution is 7.99. The first-order valence-corrected chi connectivity index (χ1v) is 8.21. The average Bonchev–Trinajstić information content (AvgIpc) is 2.81. The zero-order chi connectivity index (χ0) is 15.0. The van der Waals surface area contributed by atoms with Crippen molar-refractivity contribution in [3.05, 3.63) is 42.6 Å². The van der Waals surface area contributed by atoms with Crippen molar-refractivity contribution in [2.24, 2.45) is 5.14 Å². The van der Waals surface area contributed by atoms with Gasteiger partial charge in [-0.3, -0.25) is 4.40 Å². The molecule has 0 atom stereocenters. The van der Waals surface area contributed by atoms with Crippen LogP contribution in [0.1, 0.15) is 0 Å². The molecule has 9 heteroatoms. The zero-order valence-electron chi connectivity index (χ0n) is 10.7. The summed E-state index contributed by atoms with van der Waals surface area (Å²) in [5.41, 5.74) is 6.74. The molecule has 3 rings (SSSR count). The van der Waals surface area contributed by atoms with Crippen LogP contribution in [0.2, 0.25) is 0 Å². The third-order valence-corrected chi connectivity index (χ3v) is 4.55. The highest BCUT2D eigenvalue weighted by atomic mass is 32.2. The van der Waals surface area contributed by atoms with Gasteiger partial charge in [0.25, 0.3) is 0 Å². The van der Waals surface area contributed by atoms with Gasteiger partial charge in [-0.05, 0) is 42.1 Å². The molecule has 0 amide bonds. The first-order chi connectivity index (χ1) is 9.93. The second-order valence-corrected chi connectivity index (χ2v) is 6.90. The Morgan fingerprint density at radius 1 is 1.14 bits per heavy atom. The van der Waals surface area contributed by atoms with E-state index in [1.807, 2.05) is 24.4 Å². The van der Waals surface area contributed by atoms with Crippen molar-refractivity contribution in [3.63, 3.8) is 0 Å². The van der Waals surface area contributed by atoms with E-state index < -0.39 is 10.0 Å². The Bertz CT molecular complexity index is 920. The van der Waals surface area contributed by atoms with Crippen molar-refractivity contribution in [2.45, 2.75) is 14.9 Å². The summed E-state index contributed by atoms with van der Waals surface area (Å²) in [6, 6.07) is 9.98. The lowest BCUT2D eigenvalue weighted by molar-refractivity contribution is 0.597. The maximum atomic E-state index is 11.4. The first kappa shape index (κ1) is 13.9. The molecule has 3 aromatic rings. The molecule has 0 radical (unpaired) electrons. The van der Waals surface area contributed by atoms with Crippen molar-refractivity contribution in [1.82, 2.24) is 14.6 Å².